The SMILES string of the molecule is CC(C)OC(=O)C(F)(F)C(F)(F)C(F)(F)C(=O)OCCOC(=O)C(C)(C)C(C)(C)C. The van der Waals surface area contributed by atoms with E-state index in [2.05, 4.69) is 9.47 Å². The van der Waals surface area contributed by atoms with Gasteiger partial charge >= 0.3 is 35.7 Å². The predicted octanol–water partition coefficient (Wildman–Crippen LogP) is 4.00. The molecular formula is C18H26F6O6. The summed E-state index contributed by atoms with van der Waals surface area (Å²) >= 11 is 0. The van der Waals surface area contributed by atoms with Gasteiger partial charge in [-0.15, -0.1) is 0 Å². The second kappa shape index (κ2) is 9.01. The summed E-state index contributed by atoms with van der Waals surface area (Å²) in [7, 11) is 0. The molecule has 0 N–H and O–H groups in total. The van der Waals surface area contributed by atoms with Gasteiger partial charge in [-0.1, -0.05) is 20.8 Å². The second-order valence-corrected chi connectivity index (χ2v) is 8.32. The van der Waals surface area contributed by atoms with Crippen LogP contribution in [0.15, 0.2) is 0 Å². The van der Waals surface area contributed by atoms with Gasteiger partial charge in [-0.2, -0.15) is 26.3 Å². The van der Waals surface area contributed by atoms with Crippen LogP contribution in [-0.2, 0) is 28.6 Å². The first kappa shape index (κ1) is 28.0. The number of alkyl halides is 6. The van der Waals surface area contributed by atoms with Gasteiger partial charge in [0.05, 0.1) is 11.5 Å². The smallest absolute Gasteiger partial charge is 0.411 e. The van der Waals surface area contributed by atoms with Gasteiger partial charge in [0.1, 0.15) is 13.2 Å². The largest absolute Gasteiger partial charge is 0.462 e. The highest BCUT2D eigenvalue weighted by molar-refractivity contribution is 5.84. The molecule has 0 unspecified atom stereocenters. The van der Waals surface area contributed by atoms with Crippen molar-refractivity contribution in [3.05, 3.63) is 0 Å². The van der Waals surface area contributed by atoms with Gasteiger partial charge in [-0.05, 0) is 33.1 Å². The number of carbonyl (C=O) groups excluding carboxylic acids is 3. The molecule has 0 fully saturated rings. The van der Waals surface area contributed by atoms with Crippen LogP contribution in [-0.4, -0.2) is 55.0 Å². The Kier molecular flexibility index (Phi) is 8.40. The van der Waals surface area contributed by atoms with Gasteiger partial charge in [0.25, 0.3) is 0 Å². The fourth-order valence-electron chi connectivity index (χ4n) is 1.59. The Morgan fingerprint density at radius 3 is 1.43 bits per heavy atom. The van der Waals surface area contributed by atoms with Crippen molar-refractivity contribution in [2.75, 3.05) is 13.2 Å². The highest BCUT2D eigenvalue weighted by Crippen LogP contribution is 2.47. The van der Waals surface area contributed by atoms with Crippen LogP contribution in [0.5, 0.6) is 0 Å². The molecule has 0 aromatic carbocycles. The summed E-state index contributed by atoms with van der Waals surface area (Å²) in [6.07, 6.45) is -1.30. The van der Waals surface area contributed by atoms with Crippen LogP contribution in [0.25, 0.3) is 0 Å². The zero-order valence-electron chi connectivity index (χ0n) is 17.7. The van der Waals surface area contributed by atoms with Gasteiger partial charge in [0.2, 0.25) is 0 Å². The third-order valence-electron chi connectivity index (χ3n) is 4.58. The minimum atomic E-state index is -6.44. The average molecular weight is 452 g/mol. The van der Waals surface area contributed by atoms with Crippen molar-refractivity contribution in [2.45, 2.75) is 72.3 Å². The average Bonchev–Trinajstić information content (AvgIpc) is 2.55. The Morgan fingerprint density at radius 1 is 0.700 bits per heavy atom. The summed E-state index contributed by atoms with van der Waals surface area (Å²) < 4.78 is 94.3. The van der Waals surface area contributed by atoms with E-state index in [0.29, 0.717) is 0 Å². The molecule has 0 aromatic rings. The van der Waals surface area contributed by atoms with Gasteiger partial charge in [0.15, 0.2) is 0 Å². The van der Waals surface area contributed by atoms with E-state index in [0.717, 1.165) is 13.8 Å². The highest BCUT2D eigenvalue weighted by Gasteiger charge is 2.79. The lowest BCUT2D eigenvalue weighted by molar-refractivity contribution is -0.302. The van der Waals surface area contributed by atoms with Gasteiger partial charge < -0.3 is 14.2 Å². The first-order valence-electron chi connectivity index (χ1n) is 8.83. The molecule has 176 valence electrons. The molecule has 0 aliphatic carbocycles. The Labute approximate surface area is 170 Å². The lowest BCUT2D eigenvalue weighted by Crippen LogP contribution is -2.62. The van der Waals surface area contributed by atoms with Crippen molar-refractivity contribution in [1.82, 2.24) is 0 Å². The first-order valence-corrected chi connectivity index (χ1v) is 8.83. The lowest BCUT2D eigenvalue weighted by Gasteiger charge is -2.36. The maximum absolute atomic E-state index is 13.7. The molecule has 0 atom stereocenters. The summed E-state index contributed by atoms with van der Waals surface area (Å²) in [4.78, 5) is 34.5. The molecular weight excluding hydrogens is 426 g/mol. The summed E-state index contributed by atoms with van der Waals surface area (Å²) in [5.74, 6) is -25.2. The van der Waals surface area contributed by atoms with E-state index in [-0.39, 0.29) is 0 Å². The predicted molar refractivity (Wildman–Crippen MR) is 91.2 cm³/mol. The monoisotopic (exact) mass is 452 g/mol. The molecule has 30 heavy (non-hydrogen) atoms. The Balaban J connectivity index is 5.10. The summed E-state index contributed by atoms with van der Waals surface area (Å²) in [6, 6.07) is 0. The third kappa shape index (κ3) is 5.57. The summed E-state index contributed by atoms with van der Waals surface area (Å²) in [5, 5.41) is 0. The first-order chi connectivity index (χ1) is 13.1. The molecule has 0 rings (SSSR count). The van der Waals surface area contributed by atoms with Crippen molar-refractivity contribution in [3.63, 3.8) is 0 Å². The van der Waals surface area contributed by atoms with Crippen molar-refractivity contribution in [2.24, 2.45) is 10.8 Å². The van der Waals surface area contributed by atoms with Crippen LogP contribution < -0.4 is 0 Å². The minimum Gasteiger partial charge on any atom is -0.462 e. The van der Waals surface area contributed by atoms with E-state index in [9.17, 15) is 40.7 Å². The van der Waals surface area contributed by atoms with Crippen LogP contribution in [0.2, 0.25) is 0 Å². The van der Waals surface area contributed by atoms with Crippen molar-refractivity contribution >= 4 is 17.9 Å². The molecule has 0 saturated heterocycles. The van der Waals surface area contributed by atoms with E-state index in [4.69, 9.17) is 4.74 Å². The van der Waals surface area contributed by atoms with Crippen molar-refractivity contribution in [3.8, 4) is 0 Å². The fraction of sp³-hybridized carbons (Fsp3) is 0.833. The normalized spacial score (nSPS) is 13.8. The van der Waals surface area contributed by atoms with E-state index < -0.39 is 65.8 Å². The number of rotatable bonds is 9. The number of halogens is 6. The molecule has 0 radical (unpaired) electrons. The zero-order chi connectivity index (χ0) is 24.3. The maximum Gasteiger partial charge on any atom is 0.411 e. The number of hydrogen-bond acceptors (Lipinski definition) is 6. The highest BCUT2D eigenvalue weighted by atomic mass is 19.3. The topological polar surface area (TPSA) is 78.9 Å². The van der Waals surface area contributed by atoms with E-state index in [1.807, 2.05) is 0 Å². The number of carbonyl (C=O) groups is 3. The Morgan fingerprint density at radius 2 is 1.07 bits per heavy atom. The van der Waals surface area contributed by atoms with E-state index in [1.54, 1.807) is 20.8 Å². The molecule has 0 aromatic heterocycles. The number of ether oxygens (including phenoxy) is 3. The molecule has 0 amide bonds. The molecule has 0 aliphatic heterocycles. The third-order valence-corrected chi connectivity index (χ3v) is 4.58. The Bertz CT molecular complexity index is 652. The zero-order valence-corrected chi connectivity index (χ0v) is 17.7. The Hall–Kier alpha value is -2.01. The van der Waals surface area contributed by atoms with Crippen LogP contribution in [0.1, 0.15) is 48.5 Å². The molecule has 12 heteroatoms. The van der Waals surface area contributed by atoms with Gasteiger partial charge in [-0.3, -0.25) is 4.79 Å². The molecule has 0 saturated carbocycles. The fourth-order valence-corrected chi connectivity index (χ4v) is 1.59. The number of hydrogen-bond donors (Lipinski definition) is 0. The van der Waals surface area contributed by atoms with E-state index in [1.165, 1.54) is 13.8 Å². The summed E-state index contributed by atoms with van der Waals surface area (Å²) in [6.45, 7) is 8.42. The van der Waals surface area contributed by atoms with Crippen LogP contribution in [0.3, 0.4) is 0 Å². The van der Waals surface area contributed by atoms with Crippen molar-refractivity contribution in [1.29, 1.82) is 0 Å². The quantitative estimate of drug-likeness (QED) is 0.228. The lowest BCUT2D eigenvalue weighted by atomic mass is 9.69. The molecule has 0 spiro atoms. The van der Waals surface area contributed by atoms with Crippen molar-refractivity contribution < 1.29 is 54.9 Å². The molecule has 0 heterocycles. The van der Waals surface area contributed by atoms with E-state index >= 15 is 0 Å². The minimum absolute atomic E-state index is 0.563. The van der Waals surface area contributed by atoms with Crippen LogP contribution in [0.4, 0.5) is 26.3 Å². The van der Waals surface area contributed by atoms with Gasteiger partial charge in [-0.25, -0.2) is 9.59 Å². The standard InChI is InChI=1S/C18H26F6O6/c1-10(2)30-13(27)17(21,22)18(23,24)16(19,20)12(26)29-9-8-28-11(25)15(6,7)14(3,4)5/h10H,8-9H2,1-7H3. The van der Waals surface area contributed by atoms with Gasteiger partial charge in [0, 0.05) is 0 Å². The maximum atomic E-state index is 13.7. The van der Waals surface area contributed by atoms with Crippen LogP contribution >= 0.6 is 0 Å². The molecule has 0 bridgehead atoms. The van der Waals surface area contributed by atoms with Crippen LogP contribution in [0, 0.1) is 10.8 Å². The number of esters is 3. The molecule has 6 nitrogen and oxygen atoms in total. The second-order valence-electron chi connectivity index (χ2n) is 8.32. The summed E-state index contributed by atoms with van der Waals surface area (Å²) in [5.41, 5.74) is -1.60. The molecule has 0 aliphatic rings.